The Hall–Kier alpha value is -0.550. The molecule has 0 radical (unpaired) electrons. The van der Waals surface area contributed by atoms with Crippen molar-refractivity contribution in [2.24, 2.45) is 0 Å². The number of hydrogen-bond donors (Lipinski definition) is 1. The number of rotatable bonds is 1. The molecule has 0 spiro atoms. The average Bonchev–Trinajstić information content (AvgIpc) is 1.98. The zero-order valence-electron chi connectivity index (χ0n) is 6.67. The van der Waals surface area contributed by atoms with Crippen molar-refractivity contribution in [1.82, 2.24) is 0 Å². The Bertz CT molecular complexity index is 326. The molecule has 13 heavy (non-hydrogen) atoms. The standard InChI is InChI=1S/C8H6Br2O3/c1-4(11)13-5-2-6(9)8(12)7(10)3-5/h2-3,12H,1H3. The van der Waals surface area contributed by atoms with Crippen LogP contribution in [0.4, 0.5) is 0 Å². The molecule has 0 aliphatic carbocycles. The summed E-state index contributed by atoms with van der Waals surface area (Å²) in [5.74, 6) is 0.0597. The highest BCUT2D eigenvalue weighted by molar-refractivity contribution is 9.11. The van der Waals surface area contributed by atoms with Gasteiger partial charge in [-0.1, -0.05) is 0 Å². The van der Waals surface area contributed by atoms with Crippen LogP contribution in [0.25, 0.3) is 0 Å². The minimum atomic E-state index is -0.399. The predicted octanol–water partition coefficient (Wildman–Crippen LogP) is 2.84. The molecule has 3 nitrogen and oxygen atoms in total. The van der Waals surface area contributed by atoms with E-state index in [0.29, 0.717) is 14.7 Å². The topological polar surface area (TPSA) is 46.5 Å². The lowest BCUT2D eigenvalue weighted by atomic mass is 10.3. The number of ether oxygens (including phenoxy) is 1. The van der Waals surface area contributed by atoms with E-state index < -0.39 is 5.97 Å². The molecular weight excluding hydrogens is 304 g/mol. The lowest BCUT2D eigenvalue weighted by molar-refractivity contribution is -0.131. The quantitative estimate of drug-likeness (QED) is 0.641. The van der Waals surface area contributed by atoms with Crippen LogP contribution in [0.1, 0.15) is 6.92 Å². The first-order chi connectivity index (χ1) is 6.00. The number of phenols is 1. The number of halogens is 2. The molecule has 0 atom stereocenters. The van der Waals surface area contributed by atoms with Gasteiger partial charge in [-0.25, -0.2) is 0 Å². The molecule has 1 aromatic rings. The Morgan fingerprint density at radius 1 is 1.38 bits per heavy atom. The molecule has 5 heteroatoms. The maximum atomic E-state index is 10.6. The molecule has 70 valence electrons. The molecule has 0 aliphatic rings. The first-order valence-corrected chi connectivity index (χ1v) is 4.95. The van der Waals surface area contributed by atoms with Crippen LogP contribution in [0.5, 0.6) is 11.5 Å². The van der Waals surface area contributed by atoms with Gasteiger partial charge in [0.05, 0.1) is 8.95 Å². The number of carbonyl (C=O) groups excluding carboxylic acids is 1. The summed E-state index contributed by atoms with van der Waals surface area (Å²) < 4.78 is 5.76. The molecule has 0 saturated carbocycles. The molecular formula is C8H6Br2O3. The van der Waals surface area contributed by atoms with Crippen LogP contribution in [0, 0.1) is 0 Å². The van der Waals surface area contributed by atoms with Gasteiger partial charge < -0.3 is 9.84 Å². The van der Waals surface area contributed by atoms with Gasteiger partial charge >= 0.3 is 5.97 Å². The fourth-order valence-electron chi connectivity index (χ4n) is 0.767. The molecule has 0 heterocycles. The van der Waals surface area contributed by atoms with E-state index in [2.05, 4.69) is 31.9 Å². The van der Waals surface area contributed by atoms with Crippen LogP contribution >= 0.6 is 31.9 Å². The van der Waals surface area contributed by atoms with Gasteiger partial charge in [0, 0.05) is 6.92 Å². The van der Waals surface area contributed by atoms with Crippen molar-refractivity contribution in [2.45, 2.75) is 6.92 Å². The summed E-state index contributed by atoms with van der Waals surface area (Å²) in [6.07, 6.45) is 0. The summed E-state index contributed by atoms with van der Waals surface area (Å²) in [4.78, 5) is 10.6. The number of carbonyl (C=O) groups is 1. The zero-order chi connectivity index (χ0) is 10.0. The van der Waals surface area contributed by atoms with E-state index in [-0.39, 0.29) is 5.75 Å². The van der Waals surface area contributed by atoms with E-state index in [0.717, 1.165) is 0 Å². The van der Waals surface area contributed by atoms with Crippen molar-refractivity contribution >= 4 is 37.8 Å². The van der Waals surface area contributed by atoms with Crippen LogP contribution < -0.4 is 4.74 Å². The van der Waals surface area contributed by atoms with E-state index in [4.69, 9.17) is 4.74 Å². The molecule has 1 N–H and O–H groups in total. The minimum Gasteiger partial charge on any atom is -0.506 e. The fraction of sp³-hybridized carbons (Fsp3) is 0.125. The Morgan fingerprint density at radius 2 is 1.85 bits per heavy atom. The first kappa shape index (κ1) is 10.5. The fourth-order valence-corrected chi connectivity index (χ4v) is 1.91. The molecule has 0 saturated heterocycles. The molecule has 1 aromatic carbocycles. The Morgan fingerprint density at radius 3 is 2.23 bits per heavy atom. The lowest BCUT2D eigenvalue weighted by Crippen LogP contribution is -2.01. The van der Waals surface area contributed by atoms with E-state index >= 15 is 0 Å². The van der Waals surface area contributed by atoms with Gasteiger partial charge in [-0.05, 0) is 44.0 Å². The van der Waals surface area contributed by atoms with E-state index in [1.807, 2.05) is 0 Å². The SMILES string of the molecule is CC(=O)Oc1cc(Br)c(O)c(Br)c1. The molecule has 0 aromatic heterocycles. The van der Waals surface area contributed by atoms with E-state index in [9.17, 15) is 9.90 Å². The summed E-state index contributed by atoms with van der Waals surface area (Å²) in [5.41, 5.74) is 0. The maximum Gasteiger partial charge on any atom is 0.308 e. The predicted molar refractivity (Wildman–Crippen MR) is 54.8 cm³/mol. The average molecular weight is 310 g/mol. The van der Waals surface area contributed by atoms with Gasteiger partial charge in [0.25, 0.3) is 0 Å². The second-order valence-electron chi connectivity index (χ2n) is 2.33. The second-order valence-corrected chi connectivity index (χ2v) is 4.04. The monoisotopic (exact) mass is 308 g/mol. The van der Waals surface area contributed by atoms with Crippen molar-refractivity contribution in [2.75, 3.05) is 0 Å². The van der Waals surface area contributed by atoms with Gasteiger partial charge in [0.15, 0.2) is 0 Å². The van der Waals surface area contributed by atoms with Crippen LogP contribution in [-0.4, -0.2) is 11.1 Å². The number of hydrogen-bond acceptors (Lipinski definition) is 3. The maximum absolute atomic E-state index is 10.6. The highest BCUT2D eigenvalue weighted by atomic mass is 79.9. The molecule has 0 unspecified atom stereocenters. The van der Waals surface area contributed by atoms with Crippen molar-refractivity contribution in [1.29, 1.82) is 0 Å². The van der Waals surface area contributed by atoms with Crippen molar-refractivity contribution in [3.63, 3.8) is 0 Å². The molecule has 0 aliphatic heterocycles. The molecule has 1 rings (SSSR count). The summed E-state index contributed by atoms with van der Waals surface area (Å²) in [6.45, 7) is 1.31. The normalized spacial score (nSPS) is 9.77. The van der Waals surface area contributed by atoms with Crippen molar-refractivity contribution < 1.29 is 14.6 Å². The van der Waals surface area contributed by atoms with Gasteiger partial charge in [0.1, 0.15) is 11.5 Å². The number of esters is 1. The first-order valence-electron chi connectivity index (χ1n) is 3.37. The Balaban J connectivity index is 3.06. The van der Waals surface area contributed by atoms with Crippen LogP contribution in [0.2, 0.25) is 0 Å². The van der Waals surface area contributed by atoms with Crippen LogP contribution in [0.15, 0.2) is 21.1 Å². The van der Waals surface area contributed by atoms with E-state index in [1.165, 1.54) is 19.1 Å². The smallest absolute Gasteiger partial charge is 0.308 e. The Kier molecular flexibility index (Phi) is 3.33. The summed E-state index contributed by atoms with van der Waals surface area (Å²) in [5, 5.41) is 9.33. The lowest BCUT2D eigenvalue weighted by Gasteiger charge is -2.04. The van der Waals surface area contributed by atoms with Crippen LogP contribution in [-0.2, 0) is 4.79 Å². The second kappa shape index (κ2) is 4.11. The summed E-state index contributed by atoms with van der Waals surface area (Å²) in [7, 11) is 0. The molecule has 0 bridgehead atoms. The molecule has 0 amide bonds. The highest BCUT2D eigenvalue weighted by Crippen LogP contribution is 2.36. The Labute approximate surface area is 92.0 Å². The van der Waals surface area contributed by atoms with Gasteiger partial charge in [-0.3, -0.25) is 4.79 Å². The van der Waals surface area contributed by atoms with E-state index in [1.54, 1.807) is 0 Å². The van der Waals surface area contributed by atoms with Crippen molar-refractivity contribution in [3.05, 3.63) is 21.1 Å². The van der Waals surface area contributed by atoms with Gasteiger partial charge in [-0.2, -0.15) is 0 Å². The minimum absolute atomic E-state index is 0.0795. The van der Waals surface area contributed by atoms with Crippen molar-refractivity contribution in [3.8, 4) is 11.5 Å². The summed E-state index contributed by atoms with van der Waals surface area (Å²) >= 11 is 6.23. The number of phenolic OH excluding ortho intramolecular Hbond substituents is 1. The third kappa shape index (κ3) is 2.70. The summed E-state index contributed by atoms with van der Waals surface area (Å²) in [6, 6.07) is 3.03. The number of aromatic hydroxyl groups is 1. The third-order valence-corrected chi connectivity index (χ3v) is 2.46. The number of benzene rings is 1. The highest BCUT2D eigenvalue weighted by Gasteiger charge is 2.07. The van der Waals surface area contributed by atoms with Gasteiger partial charge in [0.2, 0.25) is 0 Å². The van der Waals surface area contributed by atoms with Crippen LogP contribution in [0.3, 0.4) is 0 Å². The largest absolute Gasteiger partial charge is 0.506 e. The third-order valence-electron chi connectivity index (χ3n) is 1.25. The zero-order valence-corrected chi connectivity index (χ0v) is 9.85. The van der Waals surface area contributed by atoms with Gasteiger partial charge in [-0.15, -0.1) is 0 Å². The molecule has 0 fully saturated rings.